The van der Waals surface area contributed by atoms with Crippen LogP contribution >= 0.6 is 0 Å². The zero-order valence-electron chi connectivity index (χ0n) is 16.4. The predicted octanol–water partition coefficient (Wildman–Crippen LogP) is 2.41. The molecule has 1 amide bonds. The van der Waals surface area contributed by atoms with E-state index in [0.717, 1.165) is 12.0 Å². The average Bonchev–Trinajstić information content (AvgIpc) is 3.36. The number of amides is 1. The van der Waals surface area contributed by atoms with Gasteiger partial charge in [0.05, 0.1) is 18.8 Å². The third kappa shape index (κ3) is 3.64. The molecule has 2 aliphatic heterocycles. The fourth-order valence-corrected chi connectivity index (χ4v) is 3.93. The maximum absolute atomic E-state index is 13.5. The minimum Gasteiger partial charge on any atom is -0.390 e. The van der Waals surface area contributed by atoms with Crippen molar-refractivity contribution in [1.29, 1.82) is 0 Å². The highest BCUT2D eigenvalue weighted by atomic mass is 16.5. The van der Waals surface area contributed by atoms with Crippen LogP contribution in [0.1, 0.15) is 30.6 Å². The van der Waals surface area contributed by atoms with E-state index < -0.39 is 5.60 Å². The van der Waals surface area contributed by atoms with E-state index in [9.17, 15) is 9.90 Å². The first-order valence-corrected chi connectivity index (χ1v) is 9.84. The highest BCUT2D eigenvalue weighted by Crippen LogP contribution is 2.35. The summed E-state index contributed by atoms with van der Waals surface area (Å²) >= 11 is 0. The number of benzene rings is 1. The number of rotatable bonds is 4. The molecule has 0 radical (unpaired) electrons. The second kappa shape index (κ2) is 7.56. The first-order valence-electron chi connectivity index (χ1n) is 9.84. The number of hydrogen-bond donors (Lipinski definition) is 1. The van der Waals surface area contributed by atoms with Crippen LogP contribution < -0.4 is 4.90 Å². The molecule has 0 bridgehead atoms. The Hall–Kier alpha value is -2.38. The van der Waals surface area contributed by atoms with E-state index in [1.54, 1.807) is 13.8 Å². The van der Waals surface area contributed by atoms with E-state index >= 15 is 0 Å². The van der Waals surface area contributed by atoms with Gasteiger partial charge in [0.15, 0.2) is 11.6 Å². The van der Waals surface area contributed by atoms with Gasteiger partial charge < -0.3 is 24.2 Å². The summed E-state index contributed by atoms with van der Waals surface area (Å²) in [7, 11) is 0. The molecule has 2 aromatic rings. The average molecular weight is 385 g/mol. The second-order valence-corrected chi connectivity index (χ2v) is 8.07. The lowest BCUT2D eigenvalue weighted by atomic mass is 9.90. The molecule has 0 saturated carbocycles. The van der Waals surface area contributed by atoms with E-state index in [1.165, 1.54) is 0 Å². The highest BCUT2D eigenvalue weighted by molar-refractivity contribution is 6.04. The molecule has 2 aliphatic rings. The van der Waals surface area contributed by atoms with Gasteiger partial charge in [-0.25, -0.2) is 0 Å². The van der Waals surface area contributed by atoms with E-state index in [2.05, 4.69) is 10.1 Å². The Morgan fingerprint density at radius 3 is 2.54 bits per heavy atom. The summed E-state index contributed by atoms with van der Waals surface area (Å²) in [5.41, 5.74) is 0.527. The van der Waals surface area contributed by atoms with E-state index in [1.807, 2.05) is 35.2 Å². The van der Waals surface area contributed by atoms with E-state index in [-0.39, 0.29) is 11.8 Å². The highest BCUT2D eigenvalue weighted by Gasteiger charge is 2.38. The monoisotopic (exact) mass is 385 g/mol. The number of hydrogen-bond acceptors (Lipinski definition) is 6. The molecular weight excluding hydrogens is 358 g/mol. The van der Waals surface area contributed by atoms with Crippen molar-refractivity contribution in [2.75, 3.05) is 44.3 Å². The van der Waals surface area contributed by atoms with Crippen LogP contribution in [0.25, 0.3) is 11.3 Å². The van der Waals surface area contributed by atoms with Crippen LogP contribution in [0.4, 0.5) is 5.82 Å². The van der Waals surface area contributed by atoms with Crippen molar-refractivity contribution in [2.24, 2.45) is 5.92 Å². The zero-order chi connectivity index (χ0) is 19.7. The molecule has 0 spiro atoms. The fourth-order valence-electron chi connectivity index (χ4n) is 3.93. The maximum atomic E-state index is 13.5. The van der Waals surface area contributed by atoms with Gasteiger partial charge in [0.25, 0.3) is 5.91 Å². The van der Waals surface area contributed by atoms with Crippen molar-refractivity contribution < 1.29 is 19.2 Å². The van der Waals surface area contributed by atoms with Gasteiger partial charge in [-0.3, -0.25) is 4.79 Å². The topological polar surface area (TPSA) is 79.0 Å². The molecule has 1 unspecified atom stereocenters. The third-order valence-corrected chi connectivity index (χ3v) is 5.71. The molecule has 1 aromatic carbocycles. The van der Waals surface area contributed by atoms with Gasteiger partial charge >= 0.3 is 0 Å². The predicted molar refractivity (Wildman–Crippen MR) is 105 cm³/mol. The van der Waals surface area contributed by atoms with Crippen LogP contribution in [0, 0.1) is 5.92 Å². The SMILES string of the molecule is CC(C)(O)C1CCN(C(=O)c2c(N3CCOCC3)noc2-c2ccccc2)C1. The molecular formula is C21H27N3O4. The van der Waals surface area contributed by atoms with Crippen LogP contribution in [0.2, 0.25) is 0 Å². The molecule has 28 heavy (non-hydrogen) atoms. The van der Waals surface area contributed by atoms with Crippen molar-refractivity contribution in [1.82, 2.24) is 10.1 Å². The Kier molecular flexibility index (Phi) is 5.12. The number of nitrogens with zero attached hydrogens (tertiary/aromatic N) is 3. The standard InChI is InChI=1S/C21H27N3O4/c1-21(2,26)16-8-9-24(14-16)20(25)17-18(15-6-4-3-5-7-15)28-22-19(17)23-10-12-27-13-11-23/h3-7,16,26H,8-14H2,1-2H3. The normalized spacial score (nSPS) is 20.6. The number of morpholine rings is 1. The molecule has 2 fully saturated rings. The number of anilines is 1. The van der Waals surface area contributed by atoms with Crippen molar-refractivity contribution >= 4 is 11.7 Å². The Balaban J connectivity index is 1.69. The summed E-state index contributed by atoms with van der Waals surface area (Å²) in [6.07, 6.45) is 0.786. The summed E-state index contributed by atoms with van der Waals surface area (Å²) in [6, 6.07) is 9.61. The molecule has 1 N–H and O–H groups in total. The molecule has 2 saturated heterocycles. The number of ether oxygens (including phenoxy) is 1. The van der Waals surface area contributed by atoms with Gasteiger partial charge in [-0.15, -0.1) is 0 Å². The molecule has 3 heterocycles. The number of carbonyl (C=O) groups is 1. The first-order chi connectivity index (χ1) is 13.4. The molecule has 7 nitrogen and oxygen atoms in total. The summed E-state index contributed by atoms with van der Waals surface area (Å²) in [5, 5.41) is 14.6. The van der Waals surface area contributed by atoms with Gasteiger partial charge in [0, 0.05) is 37.7 Å². The lowest BCUT2D eigenvalue weighted by Crippen LogP contribution is -2.39. The third-order valence-electron chi connectivity index (χ3n) is 5.71. The molecule has 4 rings (SSSR count). The van der Waals surface area contributed by atoms with Crippen LogP contribution in [0.5, 0.6) is 0 Å². The van der Waals surface area contributed by atoms with Crippen molar-refractivity contribution in [3.8, 4) is 11.3 Å². The summed E-state index contributed by atoms with van der Waals surface area (Å²) < 4.78 is 11.1. The van der Waals surface area contributed by atoms with Crippen molar-refractivity contribution in [2.45, 2.75) is 25.9 Å². The fraction of sp³-hybridized carbons (Fsp3) is 0.524. The summed E-state index contributed by atoms with van der Waals surface area (Å²) in [6.45, 7) is 7.32. The smallest absolute Gasteiger partial charge is 0.261 e. The van der Waals surface area contributed by atoms with Crippen LogP contribution in [-0.4, -0.2) is 66.1 Å². The van der Waals surface area contributed by atoms with Gasteiger partial charge in [-0.1, -0.05) is 35.5 Å². The van der Waals surface area contributed by atoms with Crippen molar-refractivity contribution in [3.63, 3.8) is 0 Å². The summed E-state index contributed by atoms with van der Waals surface area (Å²) in [4.78, 5) is 17.4. The number of aliphatic hydroxyl groups is 1. The Morgan fingerprint density at radius 1 is 1.18 bits per heavy atom. The van der Waals surface area contributed by atoms with E-state index in [0.29, 0.717) is 56.5 Å². The Labute approximate surface area is 164 Å². The van der Waals surface area contributed by atoms with Gasteiger partial charge in [-0.05, 0) is 20.3 Å². The van der Waals surface area contributed by atoms with Crippen LogP contribution in [0.15, 0.2) is 34.9 Å². The van der Waals surface area contributed by atoms with Gasteiger partial charge in [-0.2, -0.15) is 0 Å². The molecule has 7 heteroatoms. The molecule has 1 atom stereocenters. The molecule has 1 aromatic heterocycles. The second-order valence-electron chi connectivity index (χ2n) is 8.07. The van der Waals surface area contributed by atoms with Gasteiger partial charge in [0.1, 0.15) is 5.56 Å². The number of aromatic nitrogens is 1. The first kappa shape index (κ1) is 19.0. The van der Waals surface area contributed by atoms with Gasteiger partial charge in [0.2, 0.25) is 0 Å². The lowest BCUT2D eigenvalue weighted by Gasteiger charge is -2.28. The number of likely N-dealkylation sites (tertiary alicyclic amines) is 1. The quantitative estimate of drug-likeness (QED) is 0.871. The van der Waals surface area contributed by atoms with Crippen LogP contribution in [0.3, 0.4) is 0 Å². The lowest BCUT2D eigenvalue weighted by molar-refractivity contribution is 0.0211. The zero-order valence-corrected chi connectivity index (χ0v) is 16.4. The number of carbonyl (C=O) groups excluding carboxylic acids is 1. The van der Waals surface area contributed by atoms with Crippen LogP contribution in [-0.2, 0) is 4.74 Å². The molecule has 150 valence electrons. The Bertz CT molecular complexity index is 822. The minimum absolute atomic E-state index is 0.0586. The minimum atomic E-state index is -0.807. The summed E-state index contributed by atoms with van der Waals surface area (Å²) in [5.74, 6) is 1.05. The molecule has 0 aliphatic carbocycles. The van der Waals surface area contributed by atoms with Crippen molar-refractivity contribution in [3.05, 3.63) is 35.9 Å². The Morgan fingerprint density at radius 2 is 1.89 bits per heavy atom. The van der Waals surface area contributed by atoms with E-state index in [4.69, 9.17) is 9.26 Å². The maximum Gasteiger partial charge on any atom is 0.261 e. The largest absolute Gasteiger partial charge is 0.390 e.